The lowest BCUT2D eigenvalue weighted by atomic mass is 9.79. The van der Waals surface area contributed by atoms with E-state index in [2.05, 4.69) is 26.2 Å². The Balaban J connectivity index is 1.47. The number of hydrogen-bond donors (Lipinski definition) is 1. The van der Waals surface area contributed by atoms with E-state index in [1.807, 2.05) is 23.6 Å². The second-order valence-corrected chi connectivity index (χ2v) is 10.00. The number of halogens is 1. The summed E-state index contributed by atoms with van der Waals surface area (Å²) in [7, 11) is 0. The normalized spacial score (nSPS) is 28.3. The first-order valence-electron chi connectivity index (χ1n) is 8.93. The minimum Gasteiger partial charge on any atom is -0.372 e. The van der Waals surface area contributed by atoms with Gasteiger partial charge < -0.3 is 10.1 Å². The Morgan fingerprint density at radius 1 is 1.30 bits per heavy atom. The van der Waals surface area contributed by atoms with Crippen LogP contribution in [0.4, 0.5) is 0 Å². The van der Waals surface area contributed by atoms with E-state index in [1.165, 1.54) is 0 Å². The van der Waals surface area contributed by atoms with Crippen LogP contribution in [0, 0.1) is 5.92 Å². The van der Waals surface area contributed by atoms with Crippen LogP contribution >= 0.6 is 39.0 Å². The maximum atomic E-state index is 12.6. The molecule has 5 nitrogen and oxygen atoms in total. The van der Waals surface area contributed by atoms with Crippen molar-refractivity contribution < 1.29 is 9.53 Å². The number of carbonyl (C=O) groups excluding carboxylic acids is 1. The lowest BCUT2D eigenvalue weighted by Crippen LogP contribution is -2.51. The van der Waals surface area contributed by atoms with Gasteiger partial charge in [0.15, 0.2) is 5.17 Å². The number of nitrogens with zero attached hydrogens (tertiary/aromatic N) is 2. The molecule has 1 N–H and O–H groups in total. The van der Waals surface area contributed by atoms with Gasteiger partial charge in [0.2, 0.25) is 0 Å². The molecule has 0 bridgehead atoms. The number of amidine groups is 1. The minimum atomic E-state index is -0.505. The molecule has 1 aliphatic carbocycles. The largest absolute Gasteiger partial charge is 0.372 e. The first kappa shape index (κ1) is 17.8. The fourth-order valence-electron chi connectivity index (χ4n) is 3.82. The van der Waals surface area contributed by atoms with Crippen molar-refractivity contribution in [2.75, 3.05) is 12.4 Å². The molecule has 140 valence electrons. The summed E-state index contributed by atoms with van der Waals surface area (Å²) in [6.45, 7) is 0.531. The van der Waals surface area contributed by atoms with Crippen molar-refractivity contribution in [3.63, 3.8) is 0 Å². The molecule has 2 fully saturated rings. The molecule has 1 aromatic heterocycles. The smallest absolute Gasteiger partial charge is 0.257 e. The Hall–Kier alpha value is -1.22. The quantitative estimate of drug-likeness (QED) is 0.724. The molecule has 1 saturated carbocycles. The summed E-state index contributed by atoms with van der Waals surface area (Å²) >= 11 is 6.70. The van der Waals surface area contributed by atoms with Crippen LogP contribution in [0.25, 0.3) is 0 Å². The second-order valence-electron chi connectivity index (χ2n) is 7.32. The standard InChI is InChI=1S/C19H18BrN3O2S2/c20-14-10-26-16(21-14)19-11-25-18(6-7-18)8-13(19)9-27-17(23-19)22-15(24)12-4-2-1-3-5-12/h1-5,10,13H,6-9,11H2,(H,22,23,24)/t13-,19-/m0/s1. The van der Waals surface area contributed by atoms with Crippen LogP contribution in [-0.2, 0) is 10.3 Å². The summed E-state index contributed by atoms with van der Waals surface area (Å²) < 4.78 is 7.10. The average Bonchev–Trinajstić information content (AvgIpc) is 3.29. The van der Waals surface area contributed by atoms with Gasteiger partial charge in [0.25, 0.3) is 5.91 Å². The SMILES string of the molecule is O=C(NC1=N[C@@]2(c3nc(Br)cs3)COC3(CC3)C[C@H]2CS1)c1ccccc1. The third-order valence-corrected chi connectivity index (χ3v) is 8.28. The number of carbonyl (C=O) groups is 1. The van der Waals surface area contributed by atoms with E-state index in [1.54, 1.807) is 35.2 Å². The number of nitrogens with one attached hydrogen (secondary N) is 1. The van der Waals surface area contributed by atoms with E-state index in [4.69, 9.17) is 9.73 Å². The van der Waals surface area contributed by atoms with Gasteiger partial charge in [0.05, 0.1) is 12.2 Å². The van der Waals surface area contributed by atoms with E-state index in [0.29, 0.717) is 23.3 Å². The number of aromatic nitrogens is 1. The van der Waals surface area contributed by atoms with E-state index < -0.39 is 5.54 Å². The Bertz CT molecular complexity index is 913. The molecular weight excluding hydrogens is 446 g/mol. The Morgan fingerprint density at radius 2 is 2.11 bits per heavy atom. The molecule has 2 atom stereocenters. The Kier molecular flexibility index (Phi) is 4.42. The second kappa shape index (κ2) is 6.69. The van der Waals surface area contributed by atoms with Gasteiger partial charge in [-0.05, 0) is 47.3 Å². The van der Waals surface area contributed by atoms with Crippen LogP contribution in [-0.4, -0.2) is 34.0 Å². The number of thioether (sulfide) groups is 1. The van der Waals surface area contributed by atoms with E-state index in [9.17, 15) is 4.79 Å². The number of benzene rings is 1. The van der Waals surface area contributed by atoms with Crippen molar-refractivity contribution in [1.82, 2.24) is 10.3 Å². The van der Waals surface area contributed by atoms with Crippen molar-refractivity contribution in [3.8, 4) is 0 Å². The number of fused-ring (bicyclic) bond motifs is 1. The predicted octanol–water partition coefficient (Wildman–Crippen LogP) is 4.20. The lowest BCUT2D eigenvalue weighted by molar-refractivity contribution is -0.0725. The Morgan fingerprint density at radius 3 is 2.81 bits per heavy atom. The average molecular weight is 464 g/mol. The molecule has 27 heavy (non-hydrogen) atoms. The third kappa shape index (κ3) is 3.26. The fourth-order valence-corrected chi connectivity index (χ4v) is 6.43. The maximum Gasteiger partial charge on any atom is 0.257 e. The van der Waals surface area contributed by atoms with Gasteiger partial charge in [-0.1, -0.05) is 30.0 Å². The number of amides is 1. The topological polar surface area (TPSA) is 63.6 Å². The number of aliphatic imine (C=N–C) groups is 1. The zero-order valence-electron chi connectivity index (χ0n) is 14.5. The maximum absolute atomic E-state index is 12.6. The zero-order valence-corrected chi connectivity index (χ0v) is 17.7. The molecule has 2 aromatic rings. The lowest BCUT2D eigenvalue weighted by Gasteiger charge is -2.45. The molecule has 1 amide bonds. The summed E-state index contributed by atoms with van der Waals surface area (Å²) in [4.78, 5) is 22.3. The summed E-state index contributed by atoms with van der Waals surface area (Å²) in [5, 5.41) is 6.59. The highest BCUT2D eigenvalue weighted by Crippen LogP contribution is 2.56. The zero-order chi connectivity index (χ0) is 18.5. The minimum absolute atomic E-state index is 0.0729. The molecule has 0 unspecified atom stereocenters. The number of hydrogen-bond acceptors (Lipinski definition) is 6. The van der Waals surface area contributed by atoms with Gasteiger partial charge in [0, 0.05) is 22.6 Å². The van der Waals surface area contributed by atoms with Crippen molar-refractivity contribution in [1.29, 1.82) is 0 Å². The van der Waals surface area contributed by atoms with E-state index in [0.717, 1.165) is 34.6 Å². The van der Waals surface area contributed by atoms with Crippen molar-refractivity contribution in [3.05, 3.63) is 50.9 Å². The van der Waals surface area contributed by atoms with Gasteiger partial charge in [-0.2, -0.15) is 0 Å². The first-order chi connectivity index (χ1) is 13.1. The molecule has 3 heterocycles. The molecule has 5 rings (SSSR count). The van der Waals surface area contributed by atoms with Gasteiger partial charge in [0.1, 0.15) is 15.1 Å². The molecule has 0 radical (unpaired) electrons. The van der Waals surface area contributed by atoms with Crippen molar-refractivity contribution >= 4 is 50.1 Å². The van der Waals surface area contributed by atoms with Crippen LogP contribution in [0.5, 0.6) is 0 Å². The van der Waals surface area contributed by atoms with Crippen molar-refractivity contribution in [2.24, 2.45) is 10.9 Å². The monoisotopic (exact) mass is 463 g/mol. The summed E-state index contributed by atoms with van der Waals surface area (Å²) in [5.41, 5.74) is 0.198. The van der Waals surface area contributed by atoms with Crippen LogP contribution in [0.3, 0.4) is 0 Å². The summed E-state index contributed by atoms with van der Waals surface area (Å²) in [5.74, 6) is 1.15. The molecule has 1 aromatic carbocycles. The highest BCUT2D eigenvalue weighted by atomic mass is 79.9. The van der Waals surface area contributed by atoms with Crippen LogP contribution in [0.2, 0.25) is 0 Å². The number of thiazole rings is 1. The predicted molar refractivity (Wildman–Crippen MR) is 111 cm³/mol. The van der Waals surface area contributed by atoms with Crippen molar-refractivity contribution in [2.45, 2.75) is 30.4 Å². The Labute approximate surface area is 174 Å². The van der Waals surface area contributed by atoms with E-state index in [-0.39, 0.29) is 11.5 Å². The van der Waals surface area contributed by atoms with Gasteiger partial charge >= 0.3 is 0 Å². The summed E-state index contributed by atoms with van der Waals surface area (Å²) in [6, 6.07) is 9.23. The van der Waals surface area contributed by atoms with Crippen LogP contribution in [0.1, 0.15) is 34.6 Å². The highest BCUT2D eigenvalue weighted by Gasteiger charge is 2.58. The molecular formula is C19H18BrN3O2S2. The number of rotatable bonds is 2. The molecule has 8 heteroatoms. The van der Waals surface area contributed by atoms with Gasteiger partial charge in [-0.25, -0.2) is 9.98 Å². The molecule has 1 spiro atoms. The van der Waals surface area contributed by atoms with E-state index >= 15 is 0 Å². The fraction of sp³-hybridized carbons (Fsp3) is 0.421. The molecule has 2 aliphatic heterocycles. The van der Waals surface area contributed by atoms with Gasteiger partial charge in [-0.3, -0.25) is 4.79 Å². The summed E-state index contributed by atoms with van der Waals surface area (Å²) in [6.07, 6.45) is 3.31. The number of ether oxygens (including phenoxy) is 1. The molecule has 1 saturated heterocycles. The molecule has 3 aliphatic rings. The third-order valence-electron chi connectivity index (χ3n) is 5.53. The van der Waals surface area contributed by atoms with Gasteiger partial charge in [-0.15, -0.1) is 11.3 Å². The van der Waals surface area contributed by atoms with Crippen LogP contribution in [0.15, 0.2) is 45.3 Å². The van der Waals surface area contributed by atoms with Crippen LogP contribution < -0.4 is 5.32 Å². The first-order valence-corrected chi connectivity index (χ1v) is 11.6. The highest BCUT2D eigenvalue weighted by molar-refractivity contribution is 9.10.